The minimum Gasteiger partial charge on any atom is -0.378 e. The molecule has 24 heavy (non-hydrogen) atoms. The summed E-state index contributed by atoms with van der Waals surface area (Å²) in [6, 6.07) is 7.18. The third-order valence-electron chi connectivity index (χ3n) is 4.09. The standard InChI is InChI=1S/C18H27N3O3/c19-10-6-2-1-3-9-17(22)20-16-8-5-4-7-15(16)18(23)21-11-13-24-14-12-21/h4-5,7-8H,1-3,6,9-14,19H2,(H,20,22). The summed E-state index contributed by atoms with van der Waals surface area (Å²) in [4.78, 5) is 26.5. The number of ether oxygens (including phenoxy) is 1. The van der Waals surface area contributed by atoms with E-state index in [0.29, 0.717) is 50.5 Å². The molecule has 1 fully saturated rings. The maximum Gasteiger partial charge on any atom is 0.256 e. The maximum atomic E-state index is 12.6. The third kappa shape index (κ3) is 5.62. The van der Waals surface area contributed by atoms with Gasteiger partial charge in [0.15, 0.2) is 0 Å². The highest BCUT2D eigenvalue weighted by Gasteiger charge is 2.21. The predicted octanol–water partition coefficient (Wildman–Crippen LogP) is 2.01. The third-order valence-corrected chi connectivity index (χ3v) is 4.09. The number of carbonyl (C=O) groups is 2. The van der Waals surface area contributed by atoms with E-state index in [0.717, 1.165) is 25.7 Å². The Balaban J connectivity index is 1.90. The number of morpholine rings is 1. The largest absolute Gasteiger partial charge is 0.378 e. The van der Waals surface area contributed by atoms with Crippen LogP contribution >= 0.6 is 0 Å². The van der Waals surface area contributed by atoms with E-state index in [4.69, 9.17) is 10.5 Å². The van der Waals surface area contributed by atoms with Gasteiger partial charge in [-0.05, 0) is 31.5 Å². The minimum atomic E-state index is -0.0582. The van der Waals surface area contributed by atoms with E-state index < -0.39 is 0 Å². The Morgan fingerprint density at radius 2 is 1.79 bits per heavy atom. The molecule has 1 saturated heterocycles. The van der Waals surface area contributed by atoms with Gasteiger partial charge >= 0.3 is 0 Å². The maximum absolute atomic E-state index is 12.6. The Morgan fingerprint density at radius 3 is 2.54 bits per heavy atom. The van der Waals surface area contributed by atoms with E-state index in [9.17, 15) is 9.59 Å². The molecular formula is C18H27N3O3. The number of nitrogens with one attached hydrogen (secondary N) is 1. The molecule has 1 heterocycles. The van der Waals surface area contributed by atoms with Gasteiger partial charge in [-0.2, -0.15) is 0 Å². The number of rotatable bonds is 8. The average molecular weight is 333 g/mol. The van der Waals surface area contributed by atoms with Crippen molar-refractivity contribution >= 4 is 17.5 Å². The first-order valence-electron chi connectivity index (χ1n) is 8.68. The summed E-state index contributed by atoms with van der Waals surface area (Å²) in [5, 5.41) is 2.88. The first kappa shape index (κ1) is 18.4. The van der Waals surface area contributed by atoms with E-state index in [-0.39, 0.29) is 11.8 Å². The van der Waals surface area contributed by atoms with Gasteiger partial charge in [0.1, 0.15) is 0 Å². The zero-order valence-electron chi connectivity index (χ0n) is 14.1. The van der Waals surface area contributed by atoms with Crippen molar-refractivity contribution in [3.05, 3.63) is 29.8 Å². The topological polar surface area (TPSA) is 84.7 Å². The highest BCUT2D eigenvalue weighted by Crippen LogP contribution is 2.18. The molecule has 6 heteroatoms. The fourth-order valence-corrected chi connectivity index (χ4v) is 2.71. The van der Waals surface area contributed by atoms with Gasteiger partial charge in [-0.3, -0.25) is 9.59 Å². The van der Waals surface area contributed by atoms with Crippen LogP contribution in [0.5, 0.6) is 0 Å². The Bertz CT molecular complexity index is 542. The van der Waals surface area contributed by atoms with Crippen molar-refractivity contribution in [1.82, 2.24) is 4.90 Å². The summed E-state index contributed by atoms with van der Waals surface area (Å²) in [7, 11) is 0. The van der Waals surface area contributed by atoms with Gasteiger partial charge in [0.25, 0.3) is 5.91 Å². The summed E-state index contributed by atoms with van der Waals surface area (Å²) >= 11 is 0. The molecule has 0 unspecified atom stereocenters. The van der Waals surface area contributed by atoms with Gasteiger partial charge in [0, 0.05) is 19.5 Å². The lowest BCUT2D eigenvalue weighted by Crippen LogP contribution is -2.41. The van der Waals surface area contributed by atoms with E-state index in [1.807, 2.05) is 12.1 Å². The molecule has 1 aromatic rings. The smallest absolute Gasteiger partial charge is 0.256 e. The van der Waals surface area contributed by atoms with Crippen LogP contribution in [0, 0.1) is 0 Å². The second-order valence-corrected chi connectivity index (χ2v) is 5.95. The second-order valence-electron chi connectivity index (χ2n) is 5.95. The molecular weight excluding hydrogens is 306 g/mol. The molecule has 6 nitrogen and oxygen atoms in total. The van der Waals surface area contributed by atoms with Gasteiger partial charge in [-0.25, -0.2) is 0 Å². The van der Waals surface area contributed by atoms with Gasteiger partial charge in [0.2, 0.25) is 5.91 Å². The summed E-state index contributed by atoms with van der Waals surface area (Å²) in [5.41, 5.74) is 6.58. The monoisotopic (exact) mass is 333 g/mol. The minimum absolute atomic E-state index is 0.0509. The van der Waals surface area contributed by atoms with Crippen molar-refractivity contribution in [1.29, 1.82) is 0 Å². The van der Waals surface area contributed by atoms with Crippen LogP contribution < -0.4 is 11.1 Å². The molecule has 0 aromatic heterocycles. The SMILES string of the molecule is NCCCCCCC(=O)Nc1ccccc1C(=O)N1CCOCC1. The average Bonchev–Trinajstić information content (AvgIpc) is 2.62. The van der Waals surface area contributed by atoms with Crippen LogP contribution in [0.25, 0.3) is 0 Å². The number of benzene rings is 1. The van der Waals surface area contributed by atoms with Gasteiger partial charge in [-0.15, -0.1) is 0 Å². The van der Waals surface area contributed by atoms with Crippen LogP contribution in [-0.4, -0.2) is 49.6 Å². The molecule has 2 amide bonds. The first-order valence-corrected chi connectivity index (χ1v) is 8.68. The summed E-state index contributed by atoms with van der Waals surface area (Å²) in [6.45, 7) is 2.99. The molecule has 1 aliphatic heterocycles. The molecule has 0 atom stereocenters. The van der Waals surface area contributed by atoms with Gasteiger partial charge in [-0.1, -0.05) is 25.0 Å². The van der Waals surface area contributed by atoms with Crippen LogP contribution in [-0.2, 0) is 9.53 Å². The fraction of sp³-hybridized carbons (Fsp3) is 0.556. The number of hydrogen-bond donors (Lipinski definition) is 2. The molecule has 1 aliphatic rings. The van der Waals surface area contributed by atoms with Crippen LogP contribution in [0.4, 0.5) is 5.69 Å². The van der Waals surface area contributed by atoms with E-state index in [2.05, 4.69) is 5.32 Å². The molecule has 0 spiro atoms. The van der Waals surface area contributed by atoms with Crippen molar-refractivity contribution < 1.29 is 14.3 Å². The molecule has 1 aromatic carbocycles. The van der Waals surface area contributed by atoms with Crippen LogP contribution in [0.2, 0.25) is 0 Å². The number of nitrogens with two attached hydrogens (primary N) is 1. The number of amides is 2. The Labute approximate surface area is 143 Å². The molecule has 0 radical (unpaired) electrons. The van der Waals surface area contributed by atoms with E-state index >= 15 is 0 Å². The van der Waals surface area contributed by atoms with Crippen molar-refractivity contribution in [2.45, 2.75) is 32.1 Å². The molecule has 2 rings (SSSR count). The van der Waals surface area contributed by atoms with Crippen molar-refractivity contribution in [2.24, 2.45) is 5.73 Å². The lowest BCUT2D eigenvalue weighted by atomic mass is 10.1. The van der Waals surface area contributed by atoms with Crippen LogP contribution in [0.15, 0.2) is 24.3 Å². The highest BCUT2D eigenvalue weighted by molar-refractivity contribution is 6.03. The molecule has 0 aliphatic carbocycles. The number of nitrogens with zero attached hydrogens (tertiary/aromatic N) is 1. The summed E-state index contributed by atoms with van der Waals surface area (Å²) in [5.74, 6) is -0.109. The molecule has 0 bridgehead atoms. The Kier molecular flexibility index (Phi) is 7.71. The van der Waals surface area contributed by atoms with Crippen LogP contribution in [0.3, 0.4) is 0 Å². The molecule has 132 valence electrons. The Morgan fingerprint density at radius 1 is 1.08 bits per heavy atom. The van der Waals surface area contributed by atoms with E-state index in [1.165, 1.54) is 0 Å². The lowest BCUT2D eigenvalue weighted by Gasteiger charge is -2.27. The fourth-order valence-electron chi connectivity index (χ4n) is 2.71. The number of anilines is 1. The van der Waals surface area contributed by atoms with Crippen molar-refractivity contribution in [3.63, 3.8) is 0 Å². The van der Waals surface area contributed by atoms with E-state index in [1.54, 1.807) is 17.0 Å². The number of hydrogen-bond acceptors (Lipinski definition) is 4. The molecule has 3 N–H and O–H groups in total. The number of carbonyl (C=O) groups excluding carboxylic acids is 2. The Hall–Kier alpha value is -1.92. The highest BCUT2D eigenvalue weighted by atomic mass is 16.5. The van der Waals surface area contributed by atoms with Crippen molar-refractivity contribution in [3.8, 4) is 0 Å². The van der Waals surface area contributed by atoms with Gasteiger partial charge < -0.3 is 20.7 Å². The summed E-state index contributed by atoms with van der Waals surface area (Å²) in [6.07, 6.45) is 4.35. The van der Waals surface area contributed by atoms with Crippen molar-refractivity contribution in [2.75, 3.05) is 38.2 Å². The lowest BCUT2D eigenvalue weighted by molar-refractivity contribution is -0.116. The zero-order valence-corrected chi connectivity index (χ0v) is 14.1. The predicted molar refractivity (Wildman–Crippen MR) is 93.9 cm³/mol. The number of para-hydroxylation sites is 1. The number of unbranched alkanes of at least 4 members (excludes halogenated alkanes) is 3. The normalized spacial score (nSPS) is 14.5. The van der Waals surface area contributed by atoms with Crippen LogP contribution in [0.1, 0.15) is 42.5 Å². The zero-order chi connectivity index (χ0) is 17.2. The second kappa shape index (κ2) is 10.1. The first-order chi connectivity index (χ1) is 11.7. The summed E-state index contributed by atoms with van der Waals surface area (Å²) < 4.78 is 5.28. The van der Waals surface area contributed by atoms with Gasteiger partial charge in [0.05, 0.1) is 24.5 Å². The quantitative estimate of drug-likeness (QED) is 0.713. The molecule has 0 saturated carbocycles.